The lowest BCUT2D eigenvalue weighted by Crippen LogP contribution is -2.54. The van der Waals surface area contributed by atoms with Crippen LogP contribution in [0.15, 0.2) is 36.4 Å². The van der Waals surface area contributed by atoms with Gasteiger partial charge in [0.1, 0.15) is 17.5 Å². The van der Waals surface area contributed by atoms with Crippen molar-refractivity contribution >= 4 is 17.7 Å². The lowest BCUT2D eigenvalue weighted by atomic mass is 10.0. The van der Waals surface area contributed by atoms with Gasteiger partial charge in [-0.15, -0.1) is 0 Å². The van der Waals surface area contributed by atoms with Gasteiger partial charge in [-0.25, -0.2) is 0 Å². The fourth-order valence-electron chi connectivity index (χ4n) is 2.94. The van der Waals surface area contributed by atoms with Gasteiger partial charge < -0.3 is 24.3 Å². The predicted octanol–water partition coefficient (Wildman–Crippen LogP) is 1.94. The van der Waals surface area contributed by atoms with Crippen LogP contribution in [0, 0.1) is 5.92 Å². The molecule has 0 aliphatic carbocycles. The van der Waals surface area contributed by atoms with E-state index in [-0.39, 0.29) is 17.0 Å². The SMILES string of the molecule is COc1cc(OC)cc(C(=O)NC(C(=O)NNC(=O)c2ccc(OC)c(OC)c2)C(C)C)c1. The highest BCUT2D eigenvalue weighted by Crippen LogP contribution is 2.27. The van der Waals surface area contributed by atoms with Gasteiger partial charge in [-0.1, -0.05) is 13.8 Å². The van der Waals surface area contributed by atoms with Crippen molar-refractivity contribution in [1.29, 1.82) is 0 Å². The minimum Gasteiger partial charge on any atom is -0.497 e. The Morgan fingerprint density at radius 1 is 0.697 bits per heavy atom. The second kappa shape index (κ2) is 11.6. The van der Waals surface area contributed by atoms with E-state index in [2.05, 4.69) is 16.2 Å². The summed E-state index contributed by atoms with van der Waals surface area (Å²) in [6.45, 7) is 3.54. The zero-order chi connectivity index (χ0) is 24.5. The molecule has 0 saturated carbocycles. The average Bonchev–Trinajstić information content (AvgIpc) is 2.84. The van der Waals surface area contributed by atoms with Gasteiger partial charge in [0.2, 0.25) is 0 Å². The van der Waals surface area contributed by atoms with E-state index in [4.69, 9.17) is 18.9 Å². The number of hydrogen-bond acceptors (Lipinski definition) is 7. The van der Waals surface area contributed by atoms with Crippen molar-refractivity contribution in [2.24, 2.45) is 5.92 Å². The molecule has 1 unspecified atom stereocenters. The van der Waals surface area contributed by atoms with Crippen LogP contribution in [-0.4, -0.2) is 52.2 Å². The number of carbonyl (C=O) groups is 3. The van der Waals surface area contributed by atoms with Crippen molar-refractivity contribution in [2.45, 2.75) is 19.9 Å². The molecule has 10 nitrogen and oxygen atoms in total. The summed E-state index contributed by atoms with van der Waals surface area (Å²) in [5.74, 6) is -0.184. The maximum absolute atomic E-state index is 12.8. The minimum absolute atomic E-state index is 0.251. The molecule has 0 radical (unpaired) electrons. The number of hydrazine groups is 1. The van der Waals surface area contributed by atoms with Crippen LogP contribution in [0.4, 0.5) is 0 Å². The monoisotopic (exact) mass is 459 g/mol. The molecule has 2 rings (SSSR count). The van der Waals surface area contributed by atoms with Crippen molar-refractivity contribution in [3.63, 3.8) is 0 Å². The van der Waals surface area contributed by atoms with Crippen LogP contribution < -0.4 is 35.1 Å². The summed E-state index contributed by atoms with van der Waals surface area (Å²) in [5, 5.41) is 2.68. The van der Waals surface area contributed by atoms with Crippen LogP contribution in [0.1, 0.15) is 34.6 Å². The maximum atomic E-state index is 12.8. The Morgan fingerprint density at radius 2 is 1.30 bits per heavy atom. The van der Waals surface area contributed by atoms with Gasteiger partial charge in [-0.05, 0) is 36.2 Å². The Bertz CT molecular complexity index is 985. The van der Waals surface area contributed by atoms with Gasteiger partial charge in [-0.2, -0.15) is 0 Å². The normalized spacial score (nSPS) is 11.2. The molecule has 0 aromatic heterocycles. The number of amides is 3. The third-order valence-corrected chi connectivity index (χ3v) is 4.79. The largest absolute Gasteiger partial charge is 0.497 e. The van der Waals surface area contributed by atoms with Crippen molar-refractivity contribution in [3.8, 4) is 23.0 Å². The topological polar surface area (TPSA) is 124 Å². The molecule has 1 atom stereocenters. The molecule has 33 heavy (non-hydrogen) atoms. The standard InChI is InChI=1S/C23H29N3O7/c1-13(2)20(24-21(27)15-9-16(30-3)12-17(10-15)31-4)23(29)26-25-22(28)14-7-8-18(32-5)19(11-14)33-6/h7-13,20H,1-6H3,(H,24,27)(H,25,28)(H,26,29). The first-order valence-corrected chi connectivity index (χ1v) is 10.1. The van der Waals surface area contributed by atoms with E-state index in [1.807, 2.05) is 0 Å². The summed E-state index contributed by atoms with van der Waals surface area (Å²) < 4.78 is 20.7. The minimum atomic E-state index is -0.916. The Kier molecular flexibility index (Phi) is 8.90. The van der Waals surface area contributed by atoms with E-state index in [0.717, 1.165) is 0 Å². The summed E-state index contributed by atoms with van der Waals surface area (Å²) in [6, 6.07) is 8.37. The average molecular weight is 459 g/mol. The van der Waals surface area contributed by atoms with Crippen LogP contribution in [0.3, 0.4) is 0 Å². The molecular formula is C23H29N3O7. The molecule has 0 spiro atoms. The van der Waals surface area contributed by atoms with E-state index in [1.54, 1.807) is 26.0 Å². The molecule has 0 aliphatic rings. The Hall–Kier alpha value is -3.95. The van der Waals surface area contributed by atoms with Gasteiger partial charge in [0.15, 0.2) is 11.5 Å². The van der Waals surface area contributed by atoms with Gasteiger partial charge in [0, 0.05) is 17.2 Å². The van der Waals surface area contributed by atoms with E-state index in [0.29, 0.717) is 23.0 Å². The Morgan fingerprint density at radius 3 is 1.82 bits per heavy atom. The number of hydrogen-bond donors (Lipinski definition) is 3. The molecule has 0 saturated heterocycles. The van der Waals surface area contributed by atoms with Gasteiger partial charge >= 0.3 is 0 Å². The lowest BCUT2D eigenvalue weighted by Gasteiger charge is -2.22. The fraction of sp³-hybridized carbons (Fsp3) is 0.348. The number of nitrogens with one attached hydrogen (secondary N) is 3. The molecule has 3 amide bonds. The highest BCUT2D eigenvalue weighted by Gasteiger charge is 2.26. The second-order valence-electron chi connectivity index (χ2n) is 7.31. The first-order valence-electron chi connectivity index (χ1n) is 10.1. The first-order chi connectivity index (χ1) is 15.7. The summed E-state index contributed by atoms with van der Waals surface area (Å²) in [5.41, 5.74) is 5.22. The predicted molar refractivity (Wildman–Crippen MR) is 121 cm³/mol. The molecule has 0 heterocycles. The lowest BCUT2D eigenvalue weighted by molar-refractivity contribution is -0.124. The summed E-state index contributed by atoms with van der Waals surface area (Å²) in [4.78, 5) is 38.0. The molecule has 178 valence electrons. The molecular weight excluding hydrogens is 430 g/mol. The molecule has 0 fully saturated rings. The van der Waals surface area contributed by atoms with Crippen LogP contribution in [-0.2, 0) is 4.79 Å². The summed E-state index contributed by atoms with van der Waals surface area (Å²) in [6.07, 6.45) is 0. The highest BCUT2D eigenvalue weighted by atomic mass is 16.5. The molecule has 0 aliphatic heterocycles. The van der Waals surface area contributed by atoms with Crippen molar-refractivity contribution in [1.82, 2.24) is 16.2 Å². The number of rotatable bonds is 9. The quantitative estimate of drug-likeness (QED) is 0.490. The van der Waals surface area contributed by atoms with E-state index in [1.165, 1.54) is 52.7 Å². The third-order valence-electron chi connectivity index (χ3n) is 4.79. The van der Waals surface area contributed by atoms with Crippen molar-refractivity contribution < 1.29 is 33.3 Å². The van der Waals surface area contributed by atoms with Gasteiger partial charge in [0.25, 0.3) is 17.7 Å². The highest BCUT2D eigenvalue weighted by molar-refractivity contribution is 5.99. The number of methoxy groups -OCH3 is 4. The molecule has 0 bridgehead atoms. The van der Waals surface area contributed by atoms with Crippen LogP contribution in [0.5, 0.6) is 23.0 Å². The second-order valence-corrected chi connectivity index (χ2v) is 7.31. The number of carbonyl (C=O) groups excluding carboxylic acids is 3. The summed E-state index contributed by atoms with van der Waals surface area (Å²) in [7, 11) is 5.89. The zero-order valence-electron chi connectivity index (χ0n) is 19.5. The van der Waals surface area contributed by atoms with Crippen molar-refractivity contribution in [2.75, 3.05) is 28.4 Å². The van der Waals surface area contributed by atoms with E-state index < -0.39 is 23.8 Å². The Labute approximate surface area is 192 Å². The third kappa shape index (κ3) is 6.52. The fourth-order valence-corrected chi connectivity index (χ4v) is 2.94. The smallest absolute Gasteiger partial charge is 0.269 e. The maximum Gasteiger partial charge on any atom is 0.269 e. The number of ether oxygens (including phenoxy) is 4. The van der Waals surface area contributed by atoms with Crippen molar-refractivity contribution in [3.05, 3.63) is 47.5 Å². The molecule has 2 aromatic rings. The molecule has 10 heteroatoms. The zero-order valence-corrected chi connectivity index (χ0v) is 19.5. The number of benzene rings is 2. The van der Waals surface area contributed by atoms with E-state index >= 15 is 0 Å². The first kappa shape index (κ1) is 25.3. The summed E-state index contributed by atoms with van der Waals surface area (Å²) >= 11 is 0. The van der Waals surface area contributed by atoms with Crippen LogP contribution in [0.25, 0.3) is 0 Å². The molecule has 2 aromatic carbocycles. The van der Waals surface area contributed by atoms with E-state index in [9.17, 15) is 14.4 Å². The van der Waals surface area contributed by atoms with Crippen LogP contribution >= 0.6 is 0 Å². The van der Waals surface area contributed by atoms with Gasteiger partial charge in [-0.3, -0.25) is 25.2 Å². The van der Waals surface area contributed by atoms with Crippen LogP contribution in [0.2, 0.25) is 0 Å². The van der Waals surface area contributed by atoms with Gasteiger partial charge in [0.05, 0.1) is 28.4 Å². The molecule has 3 N–H and O–H groups in total. The Balaban J connectivity index is 2.08.